The Bertz CT molecular complexity index is 573. The smallest absolute Gasteiger partial charge is 0.312 e. The van der Waals surface area contributed by atoms with E-state index in [1.165, 1.54) is 0 Å². The van der Waals surface area contributed by atoms with Crippen LogP contribution in [0.1, 0.15) is 39.5 Å². The van der Waals surface area contributed by atoms with Crippen LogP contribution in [0.3, 0.4) is 0 Å². The predicted octanol–water partition coefficient (Wildman–Crippen LogP) is 1.44. The molecular formula is C16H20O5. The Hall–Kier alpha value is -1.10. The van der Waals surface area contributed by atoms with E-state index in [0.29, 0.717) is 13.0 Å². The van der Waals surface area contributed by atoms with Crippen LogP contribution in [0.15, 0.2) is 0 Å². The Labute approximate surface area is 123 Å². The highest BCUT2D eigenvalue weighted by Crippen LogP contribution is 2.72. The minimum Gasteiger partial charge on any atom is -0.462 e. The summed E-state index contributed by atoms with van der Waals surface area (Å²) in [5.41, 5.74) is -0.861. The van der Waals surface area contributed by atoms with Crippen molar-refractivity contribution >= 4 is 11.9 Å². The van der Waals surface area contributed by atoms with Gasteiger partial charge in [-0.15, -0.1) is 0 Å². The lowest BCUT2D eigenvalue weighted by Crippen LogP contribution is -2.62. The quantitative estimate of drug-likeness (QED) is 0.499. The molecule has 5 rings (SSSR count). The number of carbonyl (C=O) groups excluding carboxylic acids is 2. The molecule has 5 fully saturated rings. The summed E-state index contributed by atoms with van der Waals surface area (Å²) >= 11 is 0. The van der Waals surface area contributed by atoms with Crippen LogP contribution < -0.4 is 0 Å². The molecular weight excluding hydrogens is 272 g/mol. The molecule has 0 aromatic heterocycles. The van der Waals surface area contributed by atoms with Crippen molar-refractivity contribution in [2.24, 2.45) is 22.7 Å². The monoisotopic (exact) mass is 292 g/mol. The Balaban J connectivity index is 1.67. The first-order chi connectivity index (χ1) is 9.92. The second kappa shape index (κ2) is 3.29. The molecule has 0 radical (unpaired) electrons. The van der Waals surface area contributed by atoms with Crippen molar-refractivity contribution in [3.63, 3.8) is 0 Å². The maximum absolute atomic E-state index is 12.5. The van der Waals surface area contributed by atoms with Gasteiger partial charge in [0.2, 0.25) is 0 Å². The summed E-state index contributed by atoms with van der Waals surface area (Å²) in [6, 6.07) is 0. The zero-order valence-electron chi connectivity index (χ0n) is 12.4. The number of ether oxygens (including phenoxy) is 3. The lowest BCUT2D eigenvalue weighted by Gasteiger charge is -2.55. The van der Waals surface area contributed by atoms with Gasteiger partial charge in [0.1, 0.15) is 24.4 Å². The van der Waals surface area contributed by atoms with Crippen LogP contribution in [-0.4, -0.2) is 36.4 Å². The fourth-order valence-corrected chi connectivity index (χ4v) is 6.22. The van der Waals surface area contributed by atoms with Crippen molar-refractivity contribution in [1.82, 2.24) is 0 Å². The fourth-order valence-electron chi connectivity index (χ4n) is 6.22. The van der Waals surface area contributed by atoms with Crippen molar-refractivity contribution in [3.8, 4) is 0 Å². The summed E-state index contributed by atoms with van der Waals surface area (Å²) in [6.45, 7) is 4.62. The normalized spacial score (nSPS) is 60.3. The summed E-state index contributed by atoms with van der Waals surface area (Å²) in [7, 11) is 0. The van der Waals surface area contributed by atoms with Gasteiger partial charge in [0.05, 0.1) is 11.8 Å². The second-order valence-electron chi connectivity index (χ2n) is 8.04. The number of rotatable bonds is 0. The first-order valence-electron chi connectivity index (χ1n) is 7.96. The maximum atomic E-state index is 12.5. The van der Waals surface area contributed by atoms with Crippen molar-refractivity contribution < 1.29 is 23.8 Å². The van der Waals surface area contributed by atoms with E-state index in [9.17, 15) is 9.59 Å². The topological polar surface area (TPSA) is 65.1 Å². The molecule has 0 aromatic carbocycles. The average molecular weight is 292 g/mol. The van der Waals surface area contributed by atoms with Gasteiger partial charge in [-0.2, -0.15) is 0 Å². The summed E-state index contributed by atoms with van der Waals surface area (Å²) in [4.78, 5) is 24.3. The van der Waals surface area contributed by atoms with Crippen LogP contribution in [0.5, 0.6) is 0 Å². The summed E-state index contributed by atoms with van der Waals surface area (Å²) in [5.74, 6) is 0.131. The molecule has 2 aliphatic carbocycles. The molecule has 5 heteroatoms. The van der Waals surface area contributed by atoms with Gasteiger partial charge in [-0.3, -0.25) is 9.59 Å². The third-order valence-corrected chi connectivity index (χ3v) is 7.13. The largest absolute Gasteiger partial charge is 0.462 e. The van der Waals surface area contributed by atoms with Gasteiger partial charge in [-0.1, -0.05) is 13.3 Å². The van der Waals surface area contributed by atoms with E-state index in [1.54, 1.807) is 0 Å². The summed E-state index contributed by atoms with van der Waals surface area (Å²) < 4.78 is 17.1. The number of carbonyl (C=O) groups is 2. The molecule has 1 spiro atoms. The Morgan fingerprint density at radius 3 is 2.81 bits per heavy atom. The van der Waals surface area contributed by atoms with Crippen LogP contribution in [0, 0.1) is 22.7 Å². The van der Waals surface area contributed by atoms with E-state index in [2.05, 4.69) is 6.92 Å². The van der Waals surface area contributed by atoms with Crippen LogP contribution in [0.25, 0.3) is 0 Å². The zero-order chi connectivity index (χ0) is 14.6. The van der Waals surface area contributed by atoms with Gasteiger partial charge in [0.15, 0.2) is 0 Å². The standard InChI is InChI=1S/C16H20O5/c1-14-4-3-5-15(2)11(14)10(20-13(15)18)12-16(21-12)7-19-9(17)6-8(14)16/h8,10-12H,3-7H2,1-2H3/t8-,10+,11-,12-,14-,15+,16+/m1/s1. The minimum atomic E-state index is -0.406. The highest BCUT2D eigenvalue weighted by Gasteiger charge is 2.82. The van der Waals surface area contributed by atoms with Crippen LogP contribution >= 0.6 is 0 Å². The molecule has 2 saturated carbocycles. The maximum Gasteiger partial charge on any atom is 0.312 e. The average Bonchev–Trinajstić information content (AvgIpc) is 3.08. The molecule has 5 nitrogen and oxygen atoms in total. The highest BCUT2D eigenvalue weighted by molar-refractivity contribution is 5.80. The number of epoxide rings is 1. The third kappa shape index (κ3) is 1.17. The fraction of sp³-hybridized carbons (Fsp3) is 0.875. The molecule has 3 aliphatic heterocycles. The lowest BCUT2D eigenvalue weighted by atomic mass is 9.45. The van der Waals surface area contributed by atoms with Crippen molar-refractivity contribution in [3.05, 3.63) is 0 Å². The van der Waals surface area contributed by atoms with Crippen LogP contribution in [0.2, 0.25) is 0 Å². The Morgan fingerprint density at radius 1 is 1.19 bits per heavy atom. The first kappa shape index (κ1) is 12.4. The molecule has 5 aliphatic rings. The molecule has 0 N–H and O–H groups in total. The molecule has 21 heavy (non-hydrogen) atoms. The lowest BCUT2D eigenvalue weighted by molar-refractivity contribution is -0.169. The van der Waals surface area contributed by atoms with Gasteiger partial charge in [0.25, 0.3) is 0 Å². The number of cyclic esters (lactones) is 1. The number of esters is 2. The van der Waals surface area contributed by atoms with E-state index in [4.69, 9.17) is 14.2 Å². The molecule has 114 valence electrons. The molecule has 3 saturated heterocycles. The Kier molecular flexibility index (Phi) is 1.95. The molecule has 7 atom stereocenters. The third-order valence-electron chi connectivity index (χ3n) is 7.13. The number of hydrogen-bond acceptors (Lipinski definition) is 5. The first-order valence-corrected chi connectivity index (χ1v) is 7.96. The van der Waals surface area contributed by atoms with E-state index < -0.39 is 5.41 Å². The Morgan fingerprint density at radius 2 is 2.00 bits per heavy atom. The van der Waals surface area contributed by atoms with E-state index >= 15 is 0 Å². The van der Waals surface area contributed by atoms with Gasteiger partial charge in [0, 0.05) is 11.8 Å². The molecule has 0 aromatic rings. The van der Waals surface area contributed by atoms with Crippen molar-refractivity contribution in [1.29, 1.82) is 0 Å². The van der Waals surface area contributed by atoms with E-state index in [-0.39, 0.29) is 47.0 Å². The highest BCUT2D eigenvalue weighted by atomic mass is 16.7. The van der Waals surface area contributed by atoms with Gasteiger partial charge in [-0.05, 0) is 25.2 Å². The number of fused-ring (bicyclic) bond motifs is 2. The van der Waals surface area contributed by atoms with Crippen molar-refractivity contribution in [2.75, 3.05) is 6.61 Å². The second-order valence-corrected chi connectivity index (χ2v) is 8.04. The van der Waals surface area contributed by atoms with Crippen molar-refractivity contribution in [2.45, 2.75) is 57.3 Å². The van der Waals surface area contributed by atoms with Gasteiger partial charge >= 0.3 is 11.9 Å². The molecule has 0 unspecified atom stereocenters. The zero-order valence-corrected chi connectivity index (χ0v) is 12.4. The van der Waals surface area contributed by atoms with Crippen LogP contribution in [0.4, 0.5) is 0 Å². The van der Waals surface area contributed by atoms with E-state index in [0.717, 1.165) is 19.3 Å². The van der Waals surface area contributed by atoms with Gasteiger partial charge in [-0.25, -0.2) is 0 Å². The molecule has 0 amide bonds. The predicted molar refractivity (Wildman–Crippen MR) is 70.1 cm³/mol. The summed E-state index contributed by atoms with van der Waals surface area (Å²) in [5, 5.41) is 0. The summed E-state index contributed by atoms with van der Waals surface area (Å²) in [6.07, 6.45) is 3.13. The van der Waals surface area contributed by atoms with Crippen LogP contribution in [-0.2, 0) is 23.8 Å². The SMILES string of the molecule is C[C@@]12CCC[C@]3(C)C(=O)O[C@H]([C@H]4O[C@]45COC(=O)C[C@H]15)[C@H]23. The molecule has 3 heterocycles. The minimum absolute atomic E-state index is 0.0695. The molecule has 0 bridgehead atoms. The van der Waals surface area contributed by atoms with E-state index in [1.807, 2.05) is 6.92 Å². The van der Waals surface area contributed by atoms with Gasteiger partial charge < -0.3 is 14.2 Å². The number of hydrogen-bond donors (Lipinski definition) is 0.